The standard InChI is InChI=1S/C25H52N6O3/c1-2-3-4-5-6-7-8-9-10-11-12-13-14-15-16-17-21-31(22-20-29-24(27)33)25(34)30-19-18-28-23(26)32/h2-22H2,1H3,(H,30,34)(H3,26,28,32)(H3,27,29,33). The van der Waals surface area contributed by atoms with Crippen LogP contribution < -0.4 is 27.4 Å². The maximum atomic E-state index is 12.4. The first-order valence-corrected chi connectivity index (χ1v) is 13.6. The number of primary amides is 2. The van der Waals surface area contributed by atoms with Gasteiger partial charge in [-0.15, -0.1) is 0 Å². The van der Waals surface area contributed by atoms with Crippen molar-refractivity contribution in [2.75, 3.05) is 32.7 Å². The van der Waals surface area contributed by atoms with Crippen molar-refractivity contribution in [1.82, 2.24) is 20.9 Å². The van der Waals surface area contributed by atoms with Gasteiger partial charge in [0.05, 0.1) is 0 Å². The molecule has 34 heavy (non-hydrogen) atoms. The summed E-state index contributed by atoms with van der Waals surface area (Å²) in [5, 5.41) is 7.70. The topological polar surface area (TPSA) is 143 Å². The van der Waals surface area contributed by atoms with Crippen molar-refractivity contribution >= 4 is 18.1 Å². The van der Waals surface area contributed by atoms with Crippen LogP contribution in [-0.4, -0.2) is 55.7 Å². The molecule has 0 radical (unpaired) electrons. The summed E-state index contributed by atoms with van der Waals surface area (Å²) in [6.07, 6.45) is 20.9. The second-order valence-corrected chi connectivity index (χ2v) is 9.10. The SMILES string of the molecule is CCCCCCCCCCCCCCCCCCN(CCNC(N)=O)C(=O)NCCNC(N)=O. The molecule has 0 bridgehead atoms. The molecule has 0 aromatic rings. The molecular formula is C25H52N6O3. The summed E-state index contributed by atoms with van der Waals surface area (Å²) in [6, 6.07) is -1.45. The Morgan fingerprint density at radius 1 is 0.529 bits per heavy atom. The van der Waals surface area contributed by atoms with E-state index in [1.54, 1.807) is 4.90 Å². The monoisotopic (exact) mass is 484 g/mol. The second kappa shape index (κ2) is 24.0. The van der Waals surface area contributed by atoms with Crippen molar-refractivity contribution < 1.29 is 14.4 Å². The first-order valence-electron chi connectivity index (χ1n) is 13.6. The van der Waals surface area contributed by atoms with E-state index in [4.69, 9.17) is 11.5 Å². The van der Waals surface area contributed by atoms with Crippen LogP contribution in [0.15, 0.2) is 0 Å². The lowest BCUT2D eigenvalue weighted by Crippen LogP contribution is -2.47. The van der Waals surface area contributed by atoms with Gasteiger partial charge >= 0.3 is 18.1 Å². The van der Waals surface area contributed by atoms with Gasteiger partial charge in [-0.25, -0.2) is 14.4 Å². The van der Waals surface area contributed by atoms with Crippen molar-refractivity contribution in [2.45, 2.75) is 110 Å². The molecule has 0 heterocycles. The zero-order chi connectivity index (χ0) is 25.3. The molecule has 9 nitrogen and oxygen atoms in total. The number of carbonyl (C=O) groups excluding carboxylic acids is 3. The van der Waals surface area contributed by atoms with Crippen LogP contribution in [0.25, 0.3) is 0 Å². The van der Waals surface area contributed by atoms with E-state index in [1.807, 2.05) is 0 Å². The Bertz CT molecular complexity index is 519. The molecule has 0 aliphatic heterocycles. The molecule has 0 fully saturated rings. The quantitative estimate of drug-likeness (QED) is 0.135. The van der Waals surface area contributed by atoms with E-state index in [2.05, 4.69) is 22.9 Å². The van der Waals surface area contributed by atoms with Crippen LogP contribution in [0.5, 0.6) is 0 Å². The molecule has 6 amide bonds. The number of rotatable bonds is 23. The number of amides is 6. The number of nitrogens with zero attached hydrogens (tertiary/aromatic N) is 1. The van der Waals surface area contributed by atoms with Crippen LogP contribution in [0.4, 0.5) is 14.4 Å². The number of nitrogens with one attached hydrogen (secondary N) is 3. The highest BCUT2D eigenvalue weighted by molar-refractivity contribution is 5.75. The fourth-order valence-electron chi connectivity index (χ4n) is 3.95. The maximum Gasteiger partial charge on any atom is 0.317 e. The Morgan fingerprint density at radius 2 is 0.912 bits per heavy atom. The van der Waals surface area contributed by atoms with E-state index in [-0.39, 0.29) is 12.6 Å². The summed E-state index contributed by atoms with van der Waals surface area (Å²) in [7, 11) is 0. The lowest BCUT2D eigenvalue weighted by molar-refractivity contribution is 0.196. The molecule has 0 aromatic heterocycles. The number of nitrogens with two attached hydrogens (primary N) is 2. The van der Waals surface area contributed by atoms with Gasteiger partial charge in [0, 0.05) is 32.7 Å². The van der Waals surface area contributed by atoms with Crippen molar-refractivity contribution in [1.29, 1.82) is 0 Å². The smallest absolute Gasteiger partial charge is 0.317 e. The number of hydrogen-bond donors (Lipinski definition) is 5. The van der Waals surface area contributed by atoms with Crippen molar-refractivity contribution in [3.05, 3.63) is 0 Å². The van der Waals surface area contributed by atoms with Crippen LogP contribution in [0.1, 0.15) is 110 Å². The van der Waals surface area contributed by atoms with Crippen LogP contribution in [-0.2, 0) is 0 Å². The molecule has 200 valence electrons. The fourth-order valence-corrected chi connectivity index (χ4v) is 3.95. The summed E-state index contributed by atoms with van der Waals surface area (Å²) < 4.78 is 0. The van der Waals surface area contributed by atoms with Crippen molar-refractivity contribution in [3.63, 3.8) is 0 Å². The molecule has 0 spiro atoms. The number of unbranched alkanes of at least 4 members (excludes halogenated alkanes) is 15. The Morgan fingerprint density at radius 3 is 1.35 bits per heavy atom. The van der Waals surface area contributed by atoms with Crippen LogP contribution in [0.3, 0.4) is 0 Å². The van der Waals surface area contributed by atoms with E-state index in [9.17, 15) is 14.4 Å². The third kappa shape index (κ3) is 23.0. The minimum Gasteiger partial charge on any atom is -0.352 e. The highest BCUT2D eigenvalue weighted by Gasteiger charge is 2.12. The van der Waals surface area contributed by atoms with Crippen LogP contribution in [0, 0.1) is 0 Å². The maximum absolute atomic E-state index is 12.4. The Labute approximate surface area is 207 Å². The molecule has 9 heteroatoms. The summed E-state index contributed by atoms with van der Waals surface area (Å²) in [5.74, 6) is 0. The Balaban J connectivity index is 3.75. The van der Waals surface area contributed by atoms with Gasteiger partial charge in [0.2, 0.25) is 0 Å². The van der Waals surface area contributed by atoms with Gasteiger partial charge in [-0.3, -0.25) is 0 Å². The molecule has 0 saturated heterocycles. The third-order valence-corrected chi connectivity index (χ3v) is 5.95. The normalized spacial score (nSPS) is 10.6. The van der Waals surface area contributed by atoms with Gasteiger partial charge < -0.3 is 32.3 Å². The Hall–Kier alpha value is -2.19. The molecule has 0 atom stereocenters. The molecule has 0 saturated carbocycles. The fraction of sp³-hybridized carbons (Fsp3) is 0.880. The second-order valence-electron chi connectivity index (χ2n) is 9.10. The highest BCUT2D eigenvalue weighted by atomic mass is 16.2. The van der Waals surface area contributed by atoms with E-state index >= 15 is 0 Å². The summed E-state index contributed by atoms with van der Waals surface area (Å²) in [5.41, 5.74) is 10.1. The summed E-state index contributed by atoms with van der Waals surface area (Å²) >= 11 is 0. The molecule has 0 aliphatic rings. The molecule has 0 unspecified atom stereocenters. The largest absolute Gasteiger partial charge is 0.352 e. The third-order valence-electron chi connectivity index (χ3n) is 5.95. The highest BCUT2D eigenvalue weighted by Crippen LogP contribution is 2.13. The van der Waals surface area contributed by atoms with E-state index < -0.39 is 12.1 Å². The average Bonchev–Trinajstić information content (AvgIpc) is 2.79. The van der Waals surface area contributed by atoms with Crippen LogP contribution >= 0.6 is 0 Å². The summed E-state index contributed by atoms with van der Waals surface area (Å²) in [6.45, 7) is 4.14. The van der Waals surface area contributed by atoms with Crippen LogP contribution in [0.2, 0.25) is 0 Å². The number of urea groups is 3. The Kier molecular flexibility index (Phi) is 22.4. The van der Waals surface area contributed by atoms with Gasteiger partial charge in [-0.05, 0) is 6.42 Å². The molecule has 0 aromatic carbocycles. The average molecular weight is 485 g/mol. The number of carbonyl (C=O) groups is 3. The zero-order valence-electron chi connectivity index (χ0n) is 21.7. The van der Waals surface area contributed by atoms with Crippen molar-refractivity contribution in [2.24, 2.45) is 11.5 Å². The van der Waals surface area contributed by atoms with E-state index in [0.717, 1.165) is 12.8 Å². The van der Waals surface area contributed by atoms with Crippen molar-refractivity contribution in [3.8, 4) is 0 Å². The lowest BCUT2D eigenvalue weighted by atomic mass is 10.0. The molecule has 0 rings (SSSR count). The number of hydrogen-bond acceptors (Lipinski definition) is 3. The minimum absolute atomic E-state index is 0.224. The molecular weight excluding hydrogens is 432 g/mol. The van der Waals surface area contributed by atoms with Gasteiger partial charge in [0.1, 0.15) is 0 Å². The zero-order valence-corrected chi connectivity index (χ0v) is 21.7. The van der Waals surface area contributed by atoms with E-state index in [1.165, 1.54) is 89.9 Å². The predicted octanol–water partition coefficient (Wildman–Crippen LogP) is 4.60. The summed E-state index contributed by atoms with van der Waals surface area (Å²) in [4.78, 5) is 35.6. The molecule has 0 aliphatic carbocycles. The lowest BCUT2D eigenvalue weighted by Gasteiger charge is -2.23. The minimum atomic E-state index is -0.620. The molecule has 7 N–H and O–H groups in total. The van der Waals surface area contributed by atoms with Gasteiger partial charge in [-0.2, -0.15) is 0 Å². The first-order chi connectivity index (χ1) is 16.5. The predicted molar refractivity (Wildman–Crippen MR) is 140 cm³/mol. The van der Waals surface area contributed by atoms with Gasteiger partial charge in [0.15, 0.2) is 0 Å². The van der Waals surface area contributed by atoms with Gasteiger partial charge in [-0.1, -0.05) is 103 Å². The van der Waals surface area contributed by atoms with E-state index in [0.29, 0.717) is 26.2 Å². The first kappa shape index (κ1) is 31.8. The van der Waals surface area contributed by atoms with Gasteiger partial charge in [0.25, 0.3) is 0 Å².